The molecule has 3 aromatic rings. The second-order valence-corrected chi connectivity index (χ2v) is 10.7. The minimum atomic E-state index is -0.617. The fourth-order valence-electron chi connectivity index (χ4n) is 4.37. The fourth-order valence-corrected chi connectivity index (χ4v) is 5.30. The van der Waals surface area contributed by atoms with Crippen LogP contribution in [0, 0.1) is 5.82 Å². The Morgan fingerprint density at radius 3 is 2.44 bits per heavy atom. The molecule has 36 heavy (non-hydrogen) atoms. The number of nitrogens with zero attached hydrogens (tertiary/aromatic N) is 2. The van der Waals surface area contributed by atoms with E-state index in [1.807, 2.05) is 56.5 Å². The Balaban J connectivity index is 1.57. The van der Waals surface area contributed by atoms with E-state index in [-0.39, 0.29) is 31.0 Å². The Morgan fingerprint density at radius 2 is 1.78 bits per heavy atom. The Hall–Kier alpha value is -3.39. The van der Waals surface area contributed by atoms with Gasteiger partial charge in [-0.25, -0.2) is 4.39 Å². The molecule has 190 valence electrons. The van der Waals surface area contributed by atoms with Crippen LogP contribution in [0.25, 0.3) is 0 Å². The van der Waals surface area contributed by atoms with Gasteiger partial charge < -0.3 is 19.3 Å². The van der Waals surface area contributed by atoms with Gasteiger partial charge in [-0.05, 0) is 80.6 Å². The van der Waals surface area contributed by atoms with Gasteiger partial charge in [0.2, 0.25) is 5.91 Å². The minimum Gasteiger partial charge on any atom is -0.493 e. The molecular formula is C28H31FN2O4S. The number of halogens is 1. The molecule has 1 aliphatic heterocycles. The van der Waals surface area contributed by atoms with Crippen LogP contribution in [0.5, 0.6) is 11.5 Å². The van der Waals surface area contributed by atoms with Crippen LogP contribution in [-0.4, -0.2) is 54.0 Å². The van der Waals surface area contributed by atoms with Gasteiger partial charge in [-0.2, -0.15) is 0 Å². The highest BCUT2D eigenvalue weighted by molar-refractivity contribution is 7.10. The average molecular weight is 511 g/mol. The normalized spacial score (nSPS) is 15.2. The molecule has 1 unspecified atom stereocenters. The maximum atomic E-state index is 13.7. The number of carbonyl (C=O) groups excluding carboxylic acids is 2. The zero-order valence-corrected chi connectivity index (χ0v) is 21.8. The van der Waals surface area contributed by atoms with Crippen molar-refractivity contribution < 1.29 is 23.5 Å². The zero-order valence-electron chi connectivity index (χ0n) is 21.0. The number of hydrogen-bond acceptors (Lipinski definition) is 5. The minimum absolute atomic E-state index is 0.0929. The standard InChI is InChI=1S/C28H31FN2O4S/c1-28(2,3)31(27(33)19-9-11-20(29)12-10-19)17-26(32)30-15-13-25-21(14-16-36-25)22(30)18-35-24-8-6-5-7-23(24)34-4/h5-12,14,16,22H,13,15,17-18H2,1-4H3. The summed E-state index contributed by atoms with van der Waals surface area (Å²) in [5.74, 6) is 0.345. The van der Waals surface area contributed by atoms with E-state index < -0.39 is 11.4 Å². The predicted octanol–water partition coefficient (Wildman–Crippen LogP) is 5.34. The zero-order chi connectivity index (χ0) is 25.9. The fraction of sp³-hybridized carbons (Fsp3) is 0.357. The molecule has 1 atom stereocenters. The Kier molecular flexibility index (Phi) is 7.64. The van der Waals surface area contributed by atoms with Crippen molar-refractivity contribution in [2.24, 2.45) is 0 Å². The van der Waals surface area contributed by atoms with Crippen LogP contribution < -0.4 is 9.47 Å². The van der Waals surface area contributed by atoms with E-state index in [1.54, 1.807) is 28.2 Å². The lowest BCUT2D eigenvalue weighted by Gasteiger charge is -2.40. The highest BCUT2D eigenvalue weighted by Crippen LogP contribution is 2.35. The number of para-hydroxylation sites is 2. The van der Waals surface area contributed by atoms with E-state index in [1.165, 1.54) is 29.1 Å². The first-order valence-electron chi connectivity index (χ1n) is 11.9. The van der Waals surface area contributed by atoms with Gasteiger partial charge in [0.05, 0.1) is 13.2 Å². The molecule has 0 saturated heterocycles. The molecule has 8 heteroatoms. The van der Waals surface area contributed by atoms with Crippen molar-refractivity contribution in [1.82, 2.24) is 9.80 Å². The predicted molar refractivity (Wildman–Crippen MR) is 138 cm³/mol. The molecule has 2 heterocycles. The van der Waals surface area contributed by atoms with Crippen LogP contribution in [0.3, 0.4) is 0 Å². The molecule has 1 aromatic heterocycles. The summed E-state index contributed by atoms with van der Waals surface area (Å²) in [7, 11) is 1.59. The average Bonchev–Trinajstić information content (AvgIpc) is 3.34. The van der Waals surface area contributed by atoms with Crippen molar-refractivity contribution in [2.45, 2.75) is 38.8 Å². The molecule has 6 nitrogen and oxygen atoms in total. The van der Waals surface area contributed by atoms with Crippen LogP contribution in [0.1, 0.15) is 47.6 Å². The lowest BCUT2D eigenvalue weighted by molar-refractivity contribution is -0.136. The summed E-state index contributed by atoms with van der Waals surface area (Å²) in [6.07, 6.45) is 0.755. The number of amides is 2. The number of methoxy groups -OCH3 is 1. The summed E-state index contributed by atoms with van der Waals surface area (Å²) in [4.78, 5) is 31.6. The smallest absolute Gasteiger partial charge is 0.254 e. The first-order chi connectivity index (χ1) is 17.2. The van der Waals surface area contributed by atoms with Gasteiger partial charge in [0.15, 0.2) is 11.5 Å². The molecule has 0 bridgehead atoms. The molecule has 0 spiro atoms. The molecule has 0 saturated carbocycles. The van der Waals surface area contributed by atoms with Crippen molar-refractivity contribution in [3.8, 4) is 11.5 Å². The summed E-state index contributed by atoms with van der Waals surface area (Å²) in [5, 5.41) is 2.04. The van der Waals surface area contributed by atoms with Gasteiger partial charge in [0.1, 0.15) is 19.0 Å². The SMILES string of the molecule is COc1ccccc1OCC1c2ccsc2CCN1C(=O)CN(C(=O)c1ccc(F)cc1)C(C)(C)C. The molecule has 0 aliphatic carbocycles. The van der Waals surface area contributed by atoms with E-state index >= 15 is 0 Å². The van der Waals surface area contributed by atoms with E-state index in [2.05, 4.69) is 0 Å². The number of hydrogen-bond donors (Lipinski definition) is 0. The van der Waals surface area contributed by atoms with Crippen molar-refractivity contribution in [3.05, 3.63) is 81.8 Å². The number of ether oxygens (including phenoxy) is 2. The molecular weight excluding hydrogens is 479 g/mol. The third kappa shape index (κ3) is 5.54. The summed E-state index contributed by atoms with van der Waals surface area (Å²) < 4.78 is 25.0. The topological polar surface area (TPSA) is 59.1 Å². The second kappa shape index (κ2) is 10.7. The lowest BCUT2D eigenvalue weighted by atomic mass is 9.99. The number of carbonyl (C=O) groups is 2. The van der Waals surface area contributed by atoms with Crippen LogP contribution in [0.15, 0.2) is 60.0 Å². The summed E-state index contributed by atoms with van der Waals surface area (Å²) in [6.45, 7) is 6.36. The van der Waals surface area contributed by atoms with Crippen LogP contribution in [-0.2, 0) is 11.2 Å². The maximum absolute atomic E-state index is 13.7. The summed E-state index contributed by atoms with van der Waals surface area (Å²) in [6, 6.07) is 14.6. The molecule has 1 aliphatic rings. The van der Waals surface area contributed by atoms with E-state index in [9.17, 15) is 14.0 Å². The molecule has 2 aromatic carbocycles. The number of benzene rings is 2. The second-order valence-electron chi connectivity index (χ2n) is 9.68. The summed E-state index contributed by atoms with van der Waals surface area (Å²) in [5.41, 5.74) is 0.795. The van der Waals surface area contributed by atoms with Crippen LogP contribution in [0.4, 0.5) is 4.39 Å². The largest absolute Gasteiger partial charge is 0.493 e. The first-order valence-corrected chi connectivity index (χ1v) is 12.8. The molecule has 4 rings (SSSR count). The number of thiophene rings is 1. The van der Waals surface area contributed by atoms with E-state index in [4.69, 9.17) is 9.47 Å². The lowest BCUT2D eigenvalue weighted by Crippen LogP contribution is -2.53. The van der Waals surface area contributed by atoms with Crippen molar-refractivity contribution in [1.29, 1.82) is 0 Å². The van der Waals surface area contributed by atoms with Gasteiger partial charge in [-0.3, -0.25) is 9.59 Å². The Labute approximate surface area is 215 Å². The van der Waals surface area contributed by atoms with E-state index in [0.717, 1.165) is 12.0 Å². The Bertz CT molecular complexity index is 1220. The van der Waals surface area contributed by atoms with Gasteiger partial charge in [-0.15, -0.1) is 11.3 Å². The van der Waals surface area contributed by atoms with Gasteiger partial charge >= 0.3 is 0 Å². The van der Waals surface area contributed by atoms with Crippen LogP contribution >= 0.6 is 11.3 Å². The number of rotatable bonds is 7. The third-order valence-corrected chi connectivity index (χ3v) is 7.32. The molecule has 0 N–H and O–H groups in total. The van der Waals surface area contributed by atoms with Crippen LogP contribution in [0.2, 0.25) is 0 Å². The monoisotopic (exact) mass is 510 g/mol. The highest BCUT2D eigenvalue weighted by Gasteiger charge is 2.36. The quantitative estimate of drug-likeness (QED) is 0.431. The number of fused-ring (bicyclic) bond motifs is 1. The van der Waals surface area contributed by atoms with Crippen molar-refractivity contribution >= 4 is 23.2 Å². The summed E-state index contributed by atoms with van der Waals surface area (Å²) >= 11 is 1.68. The highest BCUT2D eigenvalue weighted by atomic mass is 32.1. The van der Waals surface area contributed by atoms with Crippen molar-refractivity contribution in [2.75, 3.05) is 26.8 Å². The molecule has 0 fully saturated rings. The van der Waals surface area contributed by atoms with Gasteiger partial charge in [0.25, 0.3) is 5.91 Å². The molecule has 0 radical (unpaired) electrons. The maximum Gasteiger partial charge on any atom is 0.254 e. The van der Waals surface area contributed by atoms with Gasteiger partial charge in [-0.1, -0.05) is 12.1 Å². The molecule has 2 amide bonds. The Morgan fingerprint density at radius 1 is 1.08 bits per heavy atom. The van der Waals surface area contributed by atoms with Gasteiger partial charge in [0, 0.05) is 22.5 Å². The van der Waals surface area contributed by atoms with Crippen molar-refractivity contribution in [3.63, 3.8) is 0 Å². The third-order valence-electron chi connectivity index (χ3n) is 6.32. The first kappa shape index (κ1) is 25.7. The van der Waals surface area contributed by atoms with E-state index in [0.29, 0.717) is 23.6 Å².